The minimum atomic E-state index is 0.815. The zero-order valence-electron chi connectivity index (χ0n) is 11.2. The highest BCUT2D eigenvalue weighted by atomic mass is 15.2. The van der Waals surface area contributed by atoms with Crippen LogP contribution < -0.4 is 0 Å². The molecule has 4 heteroatoms. The molecule has 0 unspecified atom stereocenters. The fourth-order valence-electron chi connectivity index (χ4n) is 2.48. The van der Waals surface area contributed by atoms with E-state index >= 15 is 0 Å². The van der Waals surface area contributed by atoms with E-state index in [0.29, 0.717) is 0 Å². The van der Waals surface area contributed by atoms with E-state index in [1.165, 1.54) is 0 Å². The normalized spacial score (nSPS) is 10.9. The summed E-state index contributed by atoms with van der Waals surface area (Å²) in [6.45, 7) is 0. The second-order valence-corrected chi connectivity index (χ2v) is 4.76. The lowest BCUT2D eigenvalue weighted by Crippen LogP contribution is -1.95. The zero-order chi connectivity index (χ0) is 14.1. The third kappa shape index (κ3) is 1.97. The number of fused-ring (bicyclic) bond motifs is 1. The first kappa shape index (κ1) is 11.8. The Balaban J connectivity index is 2.08. The Bertz CT molecular complexity index is 882. The maximum Gasteiger partial charge on any atom is 0.171 e. The van der Waals surface area contributed by atoms with E-state index in [0.717, 1.165) is 28.0 Å². The molecule has 4 nitrogen and oxygen atoms in total. The highest BCUT2D eigenvalue weighted by molar-refractivity contribution is 5.89. The average molecular weight is 272 g/mol. The van der Waals surface area contributed by atoms with Gasteiger partial charge in [0.15, 0.2) is 5.65 Å². The predicted octanol–water partition coefficient (Wildman–Crippen LogP) is 3.46. The number of hydrogen-bond acceptors (Lipinski definition) is 3. The summed E-state index contributed by atoms with van der Waals surface area (Å²) in [6.07, 6.45) is 3.42. The van der Waals surface area contributed by atoms with Crippen molar-refractivity contribution < 1.29 is 0 Å². The number of rotatable bonds is 2. The molecule has 2 aromatic heterocycles. The Morgan fingerprint density at radius 2 is 1.38 bits per heavy atom. The number of benzene rings is 2. The van der Waals surface area contributed by atoms with Crippen LogP contribution in [0.2, 0.25) is 0 Å². The molecule has 0 bridgehead atoms. The van der Waals surface area contributed by atoms with Crippen LogP contribution in [0.15, 0.2) is 73.3 Å². The summed E-state index contributed by atoms with van der Waals surface area (Å²) >= 11 is 0. The van der Waals surface area contributed by atoms with Crippen molar-refractivity contribution in [2.45, 2.75) is 0 Å². The number of hydrogen-bond donors (Lipinski definition) is 0. The fourth-order valence-corrected chi connectivity index (χ4v) is 2.48. The first-order valence-corrected chi connectivity index (χ1v) is 6.72. The minimum absolute atomic E-state index is 0.815. The maximum atomic E-state index is 4.61. The molecule has 4 aromatic rings. The molecule has 0 N–H and O–H groups in total. The van der Waals surface area contributed by atoms with Gasteiger partial charge in [-0.15, -0.1) is 10.2 Å². The first-order valence-electron chi connectivity index (χ1n) is 6.72. The molecule has 0 amide bonds. The smallest absolute Gasteiger partial charge is 0.171 e. The van der Waals surface area contributed by atoms with Crippen LogP contribution in [0.5, 0.6) is 0 Å². The van der Waals surface area contributed by atoms with Crippen molar-refractivity contribution in [3.63, 3.8) is 0 Å². The summed E-state index contributed by atoms with van der Waals surface area (Å²) in [5, 5.41) is 8.25. The van der Waals surface area contributed by atoms with Crippen LogP contribution >= 0.6 is 0 Å². The molecule has 0 spiro atoms. The topological polar surface area (TPSA) is 43.1 Å². The summed E-state index contributed by atoms with van der Waals surface area (Å²) in [7, 11) is 0. The Morgan fingerprint density at radius 3 is 2.10 bits per heavy atom. The van der Waals surface area contributed by atoms with Crippen molar-refractivity contribution in [3.05, 3.63) is 73.3 Å². The van der Waals surface area contributed by atoms with Crippen LogP contribution in [-0.4, -0.2) is 19.6 Å². The molecule has 21 heavy (non-hydrogen) atoms. The van der Waals surface area contributed by atoms with Gasteiger partial charge in [-0.2, -0.15) is 0 Å². The van der Waals surface area contributed by atoms with Crippen LogP contribution in [0.1, 0.15) is 0 Å². The molecule has 0 atom stereocenters. The number of nitrogens with zero attached hydrogens (tertiary/aromatic N) is 4. The SMILES string of the molecule is c1ccc(-c2ncn3cnnc3c2-c2ccccc2)cc1. The molecular formula is C17H12N4. The van der Waals surface area contributed by atoms with E-state index in [1.54, 1.807) is 12.7 Å². The highest BCUT2D eigenvalue weighted by Gasteiger charge is 2.14. The van der Waals surface area contributed by atoms with Crippen LogP contribution in [0.3, 0.4) is 0 Å². The van der Waals surface area contributed by atoms with Gasteiger partial charge in [0.05, 0.1) is 11.3 Å². The minimum Gasteiger partial charge on any atom is -0.271 e. The van der Waals surface area contributed by atoms with E-state index in [2.05, 4.69) is 39.4 Å². The Hall–Kier alpha value is -3.01. The zero-order valence-corrected chi connectivity index (χ0v) is 11.2. The summed E-state index contributed by atoms with van der Waals surface area (Å²) in [5.74, 6) is 0. The van der Waals surface area contributed by atoms with Gasteiger partial charge in [-0.05, 0) is 5.56 Å². The Kier molecular flexibility index (Phi) is 2.71. The van der Waals surface area contributed by atoms with Crippen LogP contribution in [0, 0.1) is 0 Å². The Morgan fingerprint density at radius 1 is 0.714 bits per heavy atom. The Labute approximate surface area is 121 Å². The van der Waals surface area contributed by atoms with Crippen molar-refractivity contribution in [2.24, 2.45) is 0 Å². The lowest BCUT2D eigenvalue weighted by Gasteiger charge is -2.10. The molecule has 2 heterocycles. The first-order chi connectivity index (χ1) is 10.4. The van der Waals surface area contributed by atoms with Gasteiger partial charge in [0, 0.05) is 5.56 Å². The summed E-state index contributed by atoms with van der Waals surface area (Å²) in [4.78, 5) is 4.61. The van der Waals surface area contributed by atoms with Gasteiger partial charge in [0.2, 0.25) is 0 Å². The molecule has 0 aliphatic rings. The quantitative estimate of drug-likeness (QED) is 0.561. The monoisotopic (exact) mass is 272 g/mol. The lowest BCUT2D eigenvalue weighted by atomic mass is 10.0. The lowest BCUT2D eigenvalue weighted by molar-refractivity contribution is 1.07. The standard InChI is InChI=1S/C17H12N4/c1-3-7-13(8-4-1)15-16(14-9-5-2-6-10-14)18-11-21-12-19-20-17(15)21/h1-12H. The van der Waals surface area contributed by atoms with E-state index in [4.69, 9.17) is 0 Å². The van der Waals surface area contributed by atoms with Crippen molar-refractivity contribution in [2.75, 3.05) is 0 Å². The van der Waals surface area contributed by atoms with Gasteiger partial charge >= 0.3 is 0 Å². The summed E-state index contributed by atoms with van der Waals surface area (Å²) in [6, 6.07) is 20.3. The molecular weight excluding hydrogens is 260 g/mol. The largest absolute Gasteiger partial charge is 0.271 e. The third-order valence-corrected chi connectivity index (χ3v) is 3.45. The molecule has 0 fully saturated rings. The molecule has 100 valence electrons. The van der Waals surface area contributed by atoms with Gasteiger partial charge in [0.25, 0.3) is 0 Å². The molecule has 0 saturated heterocycles. The predicted molar refractivity (Wildman–Crippen MR) is 81.7 cm³/mol. The van der Waals surface area contributed by atoms with Crippen molar-refractivity contribution in [1.29, 1.82) is 0 Å². The summed E-state index contributed by atoms with van der Waals surface area (Å²) in [5.41, 5.74) is 4.89. The van der Waals surface area contributed by atoms with E-state index in [9.17, 15) is 0 Å². The van der Waals surface area contributed by atoms with Gasteiger partial charge in [-0.25, -0.2) is 4.98 Å². The molecule has 2 aromatic carbocycles. The molecule has 4 rings (SSSR count). The second kappa shape index (κ2) is 4.83. The molecule has 0 aliphatic carbocycles. The number of aromatic nitrogens is 4. The fraction of sp³-hybridized carbons (Fsp3) is 0. The van der Waals surface area contributed by atoms with Crippen molar-refractivity contribution >= 4 is 5.65 Å². The van der Waals surface area contributed by atoms with E-state index in [-0.39, 0.29) is 0 Å². The van der Waals surface area contributed by atoms with Gasteiger partial charge in [-0.3, -0.25) is 4.40 Å². The van der Waals surface area contributed by atoms with Gasteiger partial charge < -0.3 is 0 Å². The van der Waals surface area contributed by atoms with Gasteiger partial charge in [0.1, 0.15) is 12.7 Å². The summed E-state index contributed by atoms with van der Waals surface area (Å²) < 4.78 is 1.84. The van der Waals surface area contributed by atoms with Crippen LogP contribution in [0.25, 0.3) is 28.0 Å². The van der Waals surface area contributed by atoms with E-state index < -0.39 is 0 Å². The maximum absolute atomic E-state index is 4.61. The second-order valence-electron chi connectivity index (χ2n) is 4.76. The molecule has 0 aliphatic heterocycles. The molecule has 0 radical (unpaired) electrons. The van der Waals surface area contributed by atoms with Gasteiger partial charge in [-0.1, -0.05) is 60.7 Å². The highest BCUT2D eigenvalue weighted by Crippen LogP contribution is 2.32. The van der Waals surface area contributed by atoms with Crippen molar-refractivity contribution in [3.8, 4) is 22.4 Å². The van der Waals surface area contributed by atoms with Crippen molar-refractivity contribution in [1.82, 2.24) is 19.6 Å². The molecule has 0 saturated carbocycles. The average Bonchev–Trinajstić information content (AvgIpc) is 3.04. The van der Waals surface area contributed by atoms with Crippen LogP contribution in [-0.2, 0) is 0 Å². The van der Waals surface area contributed by atoms with Crippen LogP contribution in [0.4, 0.5) is 0 Å². The third-order valence-electron chi connectivity index (χ3n) is 3.45. The van der Waals surface area contributed by atoms with E-state index in [1.807, 2.05) is 40.8 Å².